The quantitative estimate of drug-likeness (QED) is 0.508. The summed E-state index contributed by atoms with van der Waals surface area (Å²) in [7, 11) is -2.68. The number of carbonyl (C=O) groups is 2. The summed E-state index contributed by atoms with van der Waals surface area (Å²) in [6, 6.07) is 13.8. The first-order valence-electron chi connectivity index (χ1n) is 10.8. The van der Waals surface area contributed by atoms with Crippen LogP contribution >= 0.6 is 0 Å². The molecule has 2 aromatic carbocycles. The van der Waals surface area contributed by atoms with Gasteiger partial charge in [0.25, 0.3) is 21.8 Å². The maximum absolute atomic E-state index is 13.2. The van der Waals surface area contributed by atoms with E-state index < -0.39 is 15.9 Å². The third-order valence-corrected chi connectivity index (χ3v) is 6.89. The van der Waals surface area contributed by atoms with Gasteiger partial charge in [0.05, 0.1) is 41.6 Å². The Morgan fingerprint density at radius 2 is 1.79 bits per heavy atom. The molecule has 34 heavy (non-hydrogen) atoms. The molecule has 0 atom stereocenters. The normalized spacial score (nSPS) is 13.5. The molecule has 9 nitrogen and oxygen atoms in total. The summed E-state index contributed by atoms with van der Waals surface area (Å²) >= 11 is 0. The van der Waals surface area contributed by atoms with E-state index in [2.05, 4.69) is 10.0 Å². The zero-order chi connectivity index (χ0) is 24.1. The van der Waals surface area contributed by atoms with Gasteiger partial charge in [-0.1, -0.05) is 12.1 Å². The topological polar surface area (TPSA) is 118 Å². The van der Waals surface area contributed by atoms with E-state index in [-0.39, 0.29) is 34.2 Å². The van der Waals surface area contributed by atoms with Crippen LogP contribution in [0.2, 0.25) is 0 Å². The fraction of sp³-hybridized carbons (Fsp3) is 0.250. The van der Waals surface area contributed by atoms with Gasteiger partial charge >= 0.3 is 0 Å². The van der Waals surface area contributed by atoms with Crippen molar-refractivity contribution in [3.05, 3.63) is 77.7 Å². The number of carbonyl (C=O) groups excluding carboxylic acids is 2. The van der Waals surface area contributed by atoms with Gasteiger partial charge < -0.3 is 19.4 Å². The second-order valence-electron chi connectivity index (χ2n) is 7.77. The molecule has 1 aromatic heterocycles. The SMILES string of the molecule is COc1ccc(S(=O)(=O)Nc2ccccc2C(=O)NCc2ccco2)cc1C(=O)N1CCCC1. The number of anilines is 1. The molecule has 1 aliphatic heterocycles. The van der Waals surface area contributed by atoms with E-state index in [0.29, 0.717) is 24.6 Å². The maximum Gasteiger partial charge on any atom is 0.261 e. The lowest BCUT2D eigenvalue weighted by atomic mass is 10.1. The molecule has 178 valence electrons. The number of ether oxygens (including phenoxy) is 1. The highest BCUT2D eigenvalue weighted by atomic mass is 32.2. The van der Waals surface area contributed by atoms with Crippen molar-refractivity contribution in [2.75, 3.05) is 24.9 Å². The van der Waals surface area contributed by atoms with E-state index in [1.807, 2.05) is 0 Å². The molecule has 2 N–H and O–H groups in total. The zero-order valence-corrected chi connectivity index (χ0v) is 19.4. The Morgan fingerprint density at radius 3 is 2.50 bits per heavy atom. The highest BCUT2D eigenvalue weighted by molar-refractivity contribution is 7.92. The van der Waals surface area contributed by atoms with Gasteiger partial charge in [-0.3, -0.25) is 14.3 Å². The standard InChI is InChI=1S/C24H25N3O6S/c1-32-22-11-10-18(15-20(22)24(29)27-12-4-5-13-27)34(30,31)26-21-9-3-2-8-19(21)23(28)25-16-17-7-6-14-33-17/h2-3,6-11,14-15,26H,4-5,12-13,16H2,1H3,(H,25,28). The van der Waals surface area contributed by atoms with Crippen LogP contribution in [0.15, 0.2) is 70.2 Å². The second-order valence-corrected chi connectivity index (χ2v) is 9.46. The van der Waals surface area contributed by atoms with Crippen LogP contribution in [0, 0.1) is 0 Å². The van der Waals surface area contributed by atoms with E-state index in [9.17, 15) is 18.0 Å². The molecule has 0 saturated carbocycles. The number of hydrogen-bond donors (Lipinski definition) is 2. The van der Waals surface area contributed by atoms with Crippen molar-refractivity contribution in [3.63, 3.8) is 0 Å². The molecule has 2 heterocycles. The fourth-order valence-corrected chi connectivity index (χ4v) is 4.87. The molecule has 0 spiro atoms. The van der Waals surface area contributed by atoms with E-state index in [1.54, 1.807) is 29.2 Å². The van der Waals surface area contributed by atoms with Gasteiger partial charge in [0, 0.05) is 13.1 Å². The summed E-state index contributed by atoms with van der Waals surface area (Å²) in [6.45, 7) is 1.41. The van der Waals surface area contributed by atoms with Crippen LogP contribution < -0.4 is 14.8 Å². The first kappa shape index (κ1) is 23.4. The number of nitrogens with zero attached hydrogens (tertiary/aromatic N) is 1. The predicted octanol–water partition coefficient (Wildman–Crippen LogP) is 3.26. The number of hydrogen-bond acceptors (Lipinski definition) is 6. The van der Waals surface area contributed by atoms with Crippen LogP contribution in [0.5, 0.6) is 5.75 Å². The Labute approximate surface area is 197 Å². The van der Waals surface area contributed by atoms with Gasteiger partial charge in [-0.25, -0.2) is 8.42 Å². The van der Waals surface area contributed by atoms with Crippen LogP contribution in [0.4, 0.5) is 5.69 Å². The average Bonchev–Trinajstić information content (AvgIpc) is 3.56. The molecule has 4 rings (SSSR count). The molecule has 0 unspecified atom stereocenters. The molecule has 3 aromatic rings. The van der Waals surface area contributed by atoms with Crippen molar-refractivity contribution in [3.8, 4) is 5.75 Å². The number of likely N-dealkylation sites (tertiary alicyclic amines) is 1. The van der Waals surface area contributed by atoms with Crippen molar-refractivity contribution in [1.82, 2.24) is 10.2 Å². The highest BCUT2D eigenvalue weighted by Gasteiger charge is 2.26. The Kier molecular flexibility index (Phi) is 6.87. The van der Waals surface area contributed by atoms with Crippen LogP contribution in [0.3, 0.4) is 0 Å². The number of nitrogens with one attached hydrogen (secondary N) is 2. The average molecular weight is 484 g/mol. The summed E-state index contributed by atoms with van der Waals surface area (Å²) in [5, 5.41) is 2.70. The molecule has 10 heteroatoms. The molecule has 1 saturated heterocycles. The van der Waals surface area contributed by atoms with E-state index in [0.717, 1.165) is 12.8 Å². The molecule has 0 radical (unpaired) electrons. The second kappa shape index (κ2) is 10.0. The number of para-hydroxylation sites is 1. The van der Waals surface area contributed by atoms with Crippen molar-refractivity contribution in [2.45, 2.75) is 24.3 Å². The van der Waals surface area contributed by atoms with Crippen molar-refractivity contribution in [2.24, 2.45) is 0 Å². The molecule has 1 aliphatic rings. The minimum Gasteiger partial charge on any atom is -0.496 e. The van der Waals surface area contributed by atoms with Gasteiger partial charge in [-0.05, 0) is 55.3 Å². The number of amides is 2. The van der Waals surface area contributed by atoms with Crippen molar-refractivity contribution < 1.29 is 27.2 Å². The van der Waals surface area contributed by atoms with Crippen LogP contribution in [-0.4, -0.2) is 45.3 Å². The Morgan fingerprint density at radius 1 is 1.03 bits per heavy atom. The minimum atomic E-state index is -4.11. The van der Waals surface area contributed by atoms with E-state index in [4.69, 9.17) is 9.15 Å². The van der Waals surface area contributed by atoms with Crippen molar-refractivity contribution >= 4 is 27.5 Å². The molecule has 1 fully saturated rings. The molecule has 0 aliphatic carbocycles. The molecular weight excluding hydrogens is 458 g/mol. The van der Waals surface area contributed by atoms with Gasteiger partial charge in [0.1, 0.15) is 11.5 Å². The first-order chi connectivity index (χ1) is 16.4. The van der Waals surface area contributed by atoms with E-state index >= 15 is 0 Å². The Balaban J connectivity index is 1.58. The summed E-state index contributed by atoms with van der Waals surface area (Å²) in [5.74, 6) is 0.131. The highest BCUT2D eigenvalue weighted by Crippen LogP contribution is 2.27. The number of sulfonamides is 1. The molecular formula is C24H25N3O6S. The minimum absolute atomic E-state index is 0.110. The number of benzene rings is 2. The third-order valence-electron chi connectivity index (χ3n) is 5.52. The van der Waals surface area contributed by atoms with Crippen LogP contribution in [0.25, 0.3) is 0 Å². The summed E-state index contributed by atoms with van der Waals surface area (Å²) < 4.78 is 39.4. The zero-order valence-electron chi connectivity index (χ0n) is 18.6. The molecule has 0 bridgehead atoms. The lowest BCUT2D eigenvalue weighted by Gasteiger charge is -2.18. The molecule has 2 amide bonds. The Hall–Kier alpha value is -3.79. The van der Waals surface area contributed by atoms with Gasteiger partial charge in [0.2, 0.25) is 0 Å². The number of furan rings is 1. The lowest BCUT2D eigenvalue weighted by Crippen LogP contribution is -2.28. The van der Waals surface area contributed by atoms with Gasteiger partial charge in [-0.2, -0.15) is 0 Å². The van der Waals surface area contributed by atoms with Gasteiger partial charge in [0.15, 0.2) is 0 Å². The van der Waals surface area contributed by atoms with Crippen LogP contribution in [-0.2, 0) is 16.6 Å². The maximum atomic E-state index is 13.2. The lowest BCUT2D eigenvalue weighted by molar-refractivity contribution is 0.0789. The van der Waals surface area contributed by atoms with Gasteiger partial charge in [-0.15, -0.1) is 0 Å². The summed E-state index contributed by atoms with van der Waals surface area (Å²) in [6.07, 6.45) is 3.32. The predicted molar refractivity (Wildman–Crippen MR) is 125 cm³/mol. The third kappa shape index (κ3) is 5.07. The summed E-state index contributed by atoms with van der Waals surface area (Å²) in [4.78, 5) is 27.2. The fourth-order valence-electron chi connectivity index (χ4n) is 3.76. The monoisotopic (exact) mass is 483 g/mol. The first-order valence-corrected chi connectivity index (χ1v) is 12.3. The number of rotatable bonds is 8. The number of methoxy groups -OCH3 is 1. The van der Waals surface area contributed by atoms with Crippen LogP contribution in [0.1, 0.15) is 39.3 Å². The van der Waals surface area contributed by atoms with Crippen molar-refractivity contribution in [1.29, 1.82) is 0 Å². The van der Waals surface area contributed by atoms with E-state index in [1.165, 1.54) is 43.7 Å². The summed E-state index contributed by atoms with van der Waals surface area (Å²) in [5.41, 5.74) is 0.443. The largest absolute Gasteiger partial charge is 0.496 e. The Bertz CT molecular complexity index is 1280. The smallest absolute Gasteiger partial charge is 0.261 e.